The molecule has 2 rings (SSSR count). The fourth-order valence-corrected chi connectivity index (χ4v) is 2.72. The Labute approximate surface area is 110 Å². The Bertz CT molecular complexity index is 405. The number of rotatable bonds is 3. The minimum atomic E-state index is 0.550. The Morgan fingerprint density at radius 3 is 2.50 bits per heavy atom. The molecule has 2 N–H and O–H groups in total. The van der Waals surface area contributed by atoms with Crippen molar-refractivity contribution in [1.82, 2.24) is 9.97 Å². The zero-order valence-corrected chi connectivity index (χ0v) is 11.8. The van der Waals surface area contributed by atoms with Gasteiger partial charge in [0.25, 0.3) is 0 Å². The molecular formula is C14H24N4. The fraction of sp³-hybridized carbons (Fsp3) is 0.714. The predicted octanol–water partition coefficient (Wildman–Crippen LogP) is 3.06. The van der Waals surface area contributed by atoms with Crippen molar-refractivity contribution in [1.29, 1.82) is 0 Å². The van der Waals surface area contributed by atoms with E-state index in [9.17, 15) is 0 Å². The van der Waals surface area contributed by atoms with E-state index in [1.165, 1.54) is 19.3 Å². The lowest BCUT2D eigenvalue weighted by Gasteiger charge is -2.33. The van der Waals surface area contributed by atoms with Crippen molar-refractivity contribution < 1.29 is 0 Å². The minimum Gasteiger partial charge on any atom is -0.373 e. The van der Waals surface area contributed by atoms with Crippen LogP contribution in [0.5, 0.6) is 0 Å². The van der Waals surface area contributed by atoms with Crippen molar-refractivity contribution in [2.75, 3.05) is 17.7 Å². The largest absolute Gasteiger partial charge is 0.373 e. The lowest BCUT2D eigenvalue weighted by Crippen LogP contribution is -2.31. The second kappa shape index (κ2) is 5.55. The van der Waals surface area contributed by atoms with Crippen LogP contribution < -0.4 is 10.6 Å². The Morgan fingerprint density at radius 2 is 1.83 bits per heavy atom. The molecule has 100 valence electrons. The number of hydrogen-bond acceptors (Lipinski definition) is 4. The summed E-state index contributed by atoms with van der Waals surface area (Å²) in [5.41, 5.74) is 1.10. The van der Waals surface area contributed by atoms with Gasteiger partial charge in [0.15, 0.2) is 0 Å². The van der Waals surface area contributed by atoms with E-state index in [0.717, 1.165) is 29.0 Å². The number of nitrogens with one attached hydrogen (secondary N) is 2. The molecule has 0 amide bonds. The van der Waals surface area contributed by atoms with E-state index in [2.05, 4.69) is 41.4 Å². The number of aromatic nitrogens is 2. The maximum atomic E-state index is 4.36. The van der Waals surface area contributed by atoms with Gasteiger partial charge in [-0.25, -0.2) is 9.97 Å². The van der Waals surface area contributed by atoms with Crippen LogP contribution in [-0.2, 0) is 0 Å². The summed E-state index contributed by atoms with van der Waals surface area (Å²) >= 11 is 0. The van der Waals surface area contributed by atoms with Crippen LogP contribution in [0.4, 0.5) is 11.6 Å². The Kier molecular flexibility index (Phi) is 4.04. The van der Waals surface area contributed by atoms with Crippen LogP contribution in [0.15, 0.2) is 6.33 Å². The van der Waals surface area contributed by atoms with Gasteiger partial charge in [0.05, 0.1) is 0 Å². The Morgan fingerprint density at radius 1 is 1.11 bits per heavy atom. The lowest BCUT2D eigenvalue weighted by atomic mass is 9.79. The van der Waals surface area contributed by atoms with E-state index in [1.807, 2.05) is 7.05 Å². The number of nitrogens with zero attached hydrogens (tertiary/aromatic N) is 2. The molecular weight excluding hydrogens is 224 g/mol. The third kappa shape index (κ3) is 2.74. The molecule has 3 atom stereocenters. The van der Waals surface area contributed by atoms with Gasteiger partial charge in [-0.3, -0.25) is 0 Å². The Hall–Kier alpha value is -1.32. The highest BCUT2D eigenvalue weighted by atomic mass is 15.1. The van der Waals surface area contributed by atoms with Crippen LogP contribution in [0.3, 0.4) is 0 Å². The molecule has 0 radical (unpaired) electrons. The third-order valence-corrected chi connectivity index (χ3v) is 4.26. The molecule has 18 heavy (non-hydrogen) atoms. The second-order valence-corrected chi connectivity index (χ2v) is 5.55. The molecule has 0 saturated heterocycles. The molecule has 1 heterocycles. The summed E-state index contributed by atoms with van der Waals surface area (Å²) in [5, 5.41) is 6.68. The molecule has 4 heteroatoms. The summed E-state index contributed by atoms with van der Waals surface area (Å²) in [7, 11) is 1.89. The molecule has 1 saturated carbocycles. The van der Waals surface area contributed by atoms with Crippen LogP contribution in [-0.4, -0.2) is 23.1 Å². The molecule has 0 aromatic carbocycles. The van der Waals surface area contributed by atoms with Crippen LogP contribution >= 0.6 is 0 Å². The zero-order chi connectivity index (χ0) is 13.1. The van der Waals surface area contributed by atoms with E-state index >= 15 is 0 Å². The van der Waals surface area contributed by atoms with Gasteiger partial charge in [0.1, 0.15) is 18.0 Å². The summed E-state index contributed by atoms with van der Waals surface area (Å²) in [6.45, 7) is 6.77. The molecule has 1 aromatic heterocycles. The average Bonchev–Trinajstić information content (AvgIpc) is 2.36. The van der Waals surface area contributed by atoms with Gasteiger partial charge in [0, 0.05) is 18.7 Å². The summed E-state index contributed by atoms with van der Waals surface area (Å²) in [6.07, 6.45) is 5.40. The summed E-state index contributed by atoms with van der Waals surface area (Å²) in [6, 6.07) is 0.550. The van der Waals surface area contributed by atoms with Crippen LogP contribution in [0.25, 0.3) is 0 Å². The van der Waals surface area contributed by atoms with Crippen molar-refractivity contribution in [2.24, 2.45) is 11.8 Å². The fourth-order valence-electron chi connectivity index (χ4n) is 2.72. The van der Waals surface area contributed by atoms with Gasteiger partial charge < -0.3 is 10.6 Å². The first kappa shape index (κ1) is 13.1. The minimum absolute atomic E-state index is 0.550. The van der Waals surface area contributed by atoms with E-state index < -0.39 is 0 Å². The molecule has 0 bridgehead atoms. The van der Waals surface area contributed by atoms with Crippen molar-refractivity contribution in [3.05, 3.63) is 11.9 Å². The number of hydrogen-bond donors (Lipinski definition) is 2. The quantitative estimate of drug-likeness (QED) is 0.863. The second-order valence-electron chi connectivity index (χ2n) is 5.55. The summed E-state index contributed by atoms with van der Waals surface area (Å²) in [5.74, 6) is 3.52. The van der Waals surface area contributed by atoms with E-state index in [1.54, 1.807) is 6.33 Å². The SMILES string of the molecule is CNc1ncnc(NC2CCC(C)C(C)C2)c1C. The van der Waals surface area contributed by atoms with Crippen LogP contribution in [0.2, 0.25) is 0 Å². The summed E-state index contributed by atoms with van der Waals surface area (Å²) < 4.78 is 0. The molecule has 1 aromatic rings. The molecule has 3 unspecified atom stereocenters. The highest BCUT2D eigenvalue weighted by molar-refractivity contribution is 5.56. The van der Waals surface area contributed by atoms with Crippen molar-refractivity contribution in [2.45, 2.75) is 46.1 Å². The van der Waals surface area contributed by atoms with Gasteiger partial charge >= 0.3 is 0 Å². The van der Waals surface area contributed by atoms with Gasteiger partial charge in [-0.1, -0.05) is 13.8 Å². The van der Waals surface area contributed by atoms with Gasteiger partial charge in [-0.15, -0.1) is 0 Å². The maximum Gasteiger partial charge on any atom is 0.134 e. The van der Waals surface area contributed by atoms with Crippen molar-refractivity contribution in [3.63, 3.8) is 0 Å². The van der Waals surface area contributed by atoms with E-state index in [-0.39, 0.29) is 0 Å². The molecule has 0 aliphatic heterocycles. The monoisotopic (exact) mass is 248 g/mol. The number of anilines is 2. The first-order valence-corrected chi connectivity index (χ1v) is 6.87. The standard InChI is InChI=1S/C14H24N4/c1-9-5-6-12(7-10(9)2)18-14-11(3)13(15-4)16-8-17-14/h8-10,12H,5-7H2,1-4H3,(H2,15,16,17,18). The molecule has 1 fully saturated rings. The smallest absolute Gasteiger partial charge is 0.134 e. The molecule has 1 aliphatic carbocycles. The molecule has 0 spiro atoms. The topological polar surface area (TPSA) is 49.8 Å². The third-order valence-electron chi connectivity index (χ3n) is 4.26. The average molecular weight is 248 g/mol. The maximum absolute atomic E-state index is 4.36. The predicted molar refractivity (Wildman–Crippen MR) is 75.9 cm³/mol. The van der Waals surface area contributed by atoms with Crippen LogP contribution in [0.1, 0.15) is 38.7 Å². The van der Waals surface area contributed by atoms with Gasteiger partial charge in [-0.2, -0.15) is 0 Å². The van der Waals surface area contributed by atoms with Gasteiger partial charge in [0.2, 0.25) is 0 Å². The lowest BCUT2D eigenvalue weighted by molar-refractivity contribution is 0.260. The normalized spacial score (nSPS) is 27.9. The first-order valence-electron chi connectivity index (χ1n) is 6.87. The van der Waals surface area contributed by atoms with E-state index in [0.29, 0.717) is 6.04 Å². The highest BCUT2D eigenvalue weighted by Crippen LogP contribution is 2.31. The first-order chi connectivity index (χ1) is 8.61. The summed E-state index contributed by atoms with van der Waals surface area (Å²) in [4.78, 5) is 8.58. The molecule has 4 nitrogen and oxygen atoms in total. The van der Waals surface area contributed by atoms with E-state index in [4.69, 9.17) is 0 Å². The molecule has 1 aliphatic rings. The van der Waals surface area contributed by atoms with Crippen LogP contribution in [0, 0.1) is 18.8 Å². The van der Waals surface area contributed by atoms with Gasteiger partial charge in [-0.05, 0) is 38.0 Å². The Balaban J connectivity index is 2.06. The van der Waals surface area contributed by atoms with Crippen molar-refractivity contribution >= 4 is 11.6 Å². The zero-order valence-electron chi connectivity index (χ0n) is 11.8. The van der Waals surface area contributed by atoms with Crippen molar-refractivity contribution in [3.8, 4) is 0 Å². The highest BCUT2D eigenvalue weighted by Gasteiger charge is 2.25.